The Morgan fingerprint density at radius 2 is 2.27 bits per heavy atom. The zero-order valence-electron chi connectivity index (χ0n) is 8.44. The number of rotatable bonds is 4. The number of nitrogens with zero attached hydrogens (tertiary/aromatic N) is 2. The summed E-state index contributed by atoms with van der Waals surface area (Å²) in [5, 5.41) is 0. The van der Waals surface area contributed by atoms with Gasteiger partial charge in [0.15, 0.2) is 0 Å². The van der Waals surface area contributed by atoms with Crippen LogP contribution in [0.25, 0.3) is 5.69 Å². The Labute approximate surface area is 94.5 Å². The highest BCUT2D eigenvalue weighted by atomic mass is 35.5. The van der Waals surface area contributed by atoms with Crippen LogP contribution in [-0.2, 0) is 6.42 Å². The van der Waals surface area contributed by atoms with Gasteiger partial charge in [0, 0.05) is 24.0 Å². The summed E-state index contributed by atoms with van der Waals surface area (Å²) in [5.74, 6) is 0.718. The summed E-state index contributed by atoms with van der Waals surface area (Å²) >= 11 is 5.68. The number of benzene rings is 1. The third-order valence-corrected chi connectivity index (χ3v) is 2.58. The minimum absolute atomic E-state index is 0.718. The minimum Gasteiger partial charge on any atom is -0.306 e. The SMILES string of the molecule is ClCCCc1cccc(-n2ccnc2)c1. The van der Waals surface area contributed by atoms with Gasteiger partial charge in [-0.05, 0) is 30.5 Å². The molecule has 0 aliphatic heterocycles. The highest BCUT2D eigenvalue weighted by Crippen LogP contribution is 2.11. The molecule has 1 aromatic carbocycles. The van der Waals surface area contributed by atoms with Gasteiger partial charge in [-0.15, -0.1) is 11.6 Å². The van der Waals surface area contributed by atoms with Crippen molar-refractivity contribution in [1.82, 2.24) is 9.55 Å². The quantitative estimate of drug-likeness (QED) is 0.725. The number of hydrogen-bond acceptors (Lipinski definition) is 1. The summed E-state index contributed by atoms with van der Waals surface area (Å²) in [4.78, 5) is 4.03. The van der Waals surface area contributed by atoms with Crippen molar-refractivity contribution in [2.24, 2.45) is 0 Å². The summed E-state index contributed by atoms with van der Waals surface area (Å²) in [6.07, 6.45) is 7.59. The Hall–Kier alpha value is -1.28. The zero-order valence-corrected chi connectivity index (χ0v) is 9.19. The maximum atomic E-state index is 5.68. The van der Waals surface area contributed by atoms with Crippen LogP contribution in [0.5, 0.6) is 0 Å². The molecule has 15 heavy (non-hydrogen) atoms. The molecule has 0 aliphatic rings. The molecule has 0 saturated carbocycles. The van der Waals surface area contributed by atoms with Crippen molar-refractivity contribution >= 4 is 11.6 Å². The van der Waals surface area contributed by atoms with E-state index in [2.05, 4.69) is 29.2 Å². The second kappa shape index (κ2) is 4.99. The van der Waals surface area contributed by atoms with Gasteiger partial charge in [-0.1, -0.05) is 12.1 Å². The maximum Gasteiger partial charge on any atom is 0.0991 e. The van der Waals surface area contributed by atoms with Gasteiger partial charge < -0.3 is 4.57 Å². The number of hydrogen-bond donors (Lipinski definition) is 0. The second-order valence-electron chi connectivity index (χ2n) is 3.43. The van der Waals surface area contributed by atoms with Crippen molar-refractivity contribution in [3.8, 4) is 5.69 Å². The topological polar surface area (TPSA) is 17.8 Å². The average Bonchev–Trinajstić information content (AvgIpc) is 2.80. The van der Waals surface area contributed by atoms with E-state index in [-0.39, 0.29) is 0 Å². The lowest BCUT2D eigenvalue weighted by atomic mass is 10.1. The molecule has 0 fully saturated rings. The minimum atomic E-state index is 0.718. The lowest BCUT2D eigenvalue weighted by Gasteiger charge is -2.04. The van der Waals surface area contributed by atoms with Crippen LogP contribution in [-0.4, -0.2) is 15.4 Å². The maximum absolute atomic E-state index is 5.68. The molecule has 1 aromatic heterocycles. The average molecular weight is 221 g/mol. The van der Waals surface area contributed by atoms with Gasteiger partial charge in [0.25, 0.3) is 0 Å². The van der Waals surface area contributed by atoms with Gasteiger partial charge in [-0.25, -0.2) is 4.98 Å². The predicted molar refractivity (Wildman–Crippen MR) is 62.6 cm³/mol. The number of aromatic nitrogens is 2. The van der Waals surface area contributed by atoms with Crippen LogP contribution in [0.4, 0.5) is 0 Å². The second-order valence-corrected chi connectivity index (χ2v) is 3.81. The summed E-state index contributed by atoms with van der Waals surface area (Å²) in [6, 6.07) is 8.45. The van der Waals surface area contributed by atoms with Gasteiger partial charge in [0.1, 0.15) is 0 Å². The largest absolute Gasteiger partial charge is 0.306 e. The molecule has 0 bridgehead atoms. The van der Waals surface area contributed by atoms with Crippen LogP contribution in [0.15, 0.2) is 43.0 Å². The molecule has 0 unspecified atom stereocenters. The summed E-state index contributed by atoms with van der Waals surface area (Å²) < 4.78 is 2.00. The molecule has 2 rings (SSSR count). The Kier molecular flexibility index (Phi) is 3.41. The van der Waals surface area contributed by atoms with Crippen molar-refractivity contribution in [2.75, 3.05) is 5.88 Å². The summed E-state index contributed by atoms with van der Waals surface area (Å²) in [6.45, 7) is 0. The van der Waals surface area contributed by atoms with Crippen molar-refractivity contribution in [3.05, 3.63) is 48.5 Å². The van der Waals surface area contributed by atoms with Gasteiger partial charge >= 0.3 is 0 Å². The molecule has 0 N–H and O–H groups in total. The van der Waals surface area contributed by atoms with E-state index in [1.165, 1.54) is 5.56 Å². The highest BCUT2D eigenvalue weighted by molar-refractivity contribution is 6.17. The molecule has 1 heterocycles. The molecule has 0 spiro atoms. The number of imidazole rings is 1. The first-order valence-corrected chi connectivity index (χ1v) is 5.57. The van der Waals surface area contributed by atoms with Crippen LogP contribution in [0.1, 0.15) is 12.0 Å². The Bertz CT molecular complexity index is 409. The van der Waals surface area contributed by atoms with Gasteiger partial charge in [-0.3, -0.25) is 0 Å². The number of alkyl halides is 1. The smallest absolute Gasteiger partial charge is 0.0991 e. The van der Waals surface area contributed by atoms with E-state index < -0.39 is 0 Å². The third-order valence-electron chi connectivity index (χ3n) is 2.31. The number of aryl methyl sites for hydroxylation is 1. The van der Waals surface area contributed by atoms with Crippen molar-refractivity contribution in [2.45, 2.75) is 12.8 Å². The van der Waals surface area contributed by atoms with E-state index in [0.717, 1.165) is 24.4 Å². The van der Waals surface area contributed by atoms with Crippen LogP contribution >= 0.6 is 11.6 Å². The molecule has 0 atom stereocenters. The first-order chi connectivity index (χ1) is 7.40. The van der Waals surface area contributed by atoms with Crippen LogP contribution in [0, 0.1) is 0 Å². The lowest BCUT2D eigenvalue weighted by Crippen LogP contribution is -1.92. The molecule has 0 saturated heterocycles. The predicted octanol–water partition coefficient (Wildman–Crippen LogP) is 3.04. The monoisotopic (exact) mass is 220 g/mol. The molecule has 78 valence electrons. The Morgan fingerprint density at radius 3 is 3.00 bits per heavy atom. The first kappa shape index (κ1) is 10.2. The molecule has 0 aliphatic carbocycles. The van der Waals surface area contributed by atoms with E-state index >= 15 is 0 Å². The van der Waals surface area contributed by atoms with Gasteiger partial charge in [0.2, 0.25) is 0 Å². The van der Waals surface area contributed by atoms with E-state index in [4.69, 9.17) is 11.6 Å². The van der Waals surface area contributed by atoms with Gasteiger partial charge in [-0.2, -0.15) is 0 Å². The normalized spacial score (nSPS) is 10.5. The molecular formula is C12H13ClN2. The van der Waals surface area contributed by atoms with E-state index in [0.29, 0.717) is 0 Å². The van der Waals surface area contributed by atoms with E-state index in [1.807, 2.05) is 10.8 Å². The standard InChI is InChI=1S/C12H13ClN2/c13-6-2-4-11-3-1-5-12(9-11)15-8-7-14-10-15/h1,3,5,7-10H,2,4,6H2. The molecule has 0 amide bonds. The Morgan fingerprint density at radius 1 is 1.33 bits per heavy atom. The lowest BCUT2D eigenvalue weighted by molar-refractivity contribution is 0.923. The van der Waals surface area contributed by atoms with E-state index in [1.54, 1.807) is 12.5 Å². The molecule has 2 nitrogen and oxygen atoms in total. The Balaban J connectivity index is 2.19. The molecule has 2 aromatic rings. The highest BCUT2D eigenvalue weighted by Gasteiger charge is 1.97. The fourth-order valence-electron chi connectivity index (χ4n) is 1.56. The zero-order chi connectivity index (χ0) is 10.5. The van der Waals surface area contributed by atoms with Crippen LogP contribution in [0.2, 0.25) is 0 Å². The van der Waals surface area contributed by atoms with Crippen LogP contribution in [0.3, 0.4) is 0 Å². The number of halogens is 1. The molecule has 3 heteroatoms. The summed E-state index contributed by atoms with van der Waals surface area (Å²) in [5.41, 5.74) is 2.47. The first-order valence-electron chi connectivity index (χ1n) is 5.03. The molecular weight excluding hydrogens is 208 g/mol. The van der Waals surface area contributed by atoms with Crippen molar-refractivity contribution in [3.63, 3.8) is 0 Å². The fraction of sp³-hybridized carbons (Fsp3) is 0.250. The van der Waals surface area contributed by atoms with Crippen LogP contribution < -0.4 is 0 Å². The molecule has 0 radical (unpaired) electrons. The fourth-order valence-corrected chi connectivity index (χ4v) is 1.69. The third kappa shape index (κ3) is 2.60. The summed E-state index contributed by atoms with van der Waals surface area (Å²) in [7, 11) is 0. The van der Waals surface area contributed by atoms with Gasteiger partial charge in [0.05, 0.1) is 6.33 Å². The van der Waals surface area contributed by atoms with Crippen molar-refractivity contribution in [1.29, 1.82) is 0 Å². The van der Waals surface area contributed by atoms with Crippen molar-refractivity contribution < 1.29 is 0 Å². The van der Waals surface area contributed by atoms with E-state index in [9.17, 15) is 0 Å².